The molecule has 1 aliphatic rings. The van der Waals surface area contributed by atoms with Gasteiger partial charge in [-0.2, -0.15) is 10.4 Å². The molecule has 0 aliphatic carbocycles. The van der Waals surface area contributed by atoms with Crippen molar-refractivity contribution in [2.24, 2.45) is 0 Å². The number of aromatic nitrogens is 3. The maximum atomic E-state index is 14.1. The number of nitrogens with two attached hydrogens (primary N) is 1. The van der Waals surface area contributed by atoms with Crippen LogP contribution in [0.4, 0.5) is 10.2 Å². The van der Waals surface area contributed by atoms with Crippen LogP contribution < -0.4 is 5.73 Å². The zero-order valence-electron chi connectivity index (χ0n) is 33.2. The van der Waals surface area contributed by atoms with Crippen LogP contribution in [-0.4, -0.2) is 67.3 Å². The number of nitrogen functional groups attached to an aromatic ring is 1. The molecule has 0 bridgehead atoms. The molecule has 1 fully saturated rings. The standard InChI is InChI=1S/C41H63FN5O8P/c1-3-4-5-6-7-8-9-10-11-12-13-14-15-16-17-18-19-20-34(52-27-32-23-31(26-43)24-33(42)25-32)28-53-56(50,51)54-29-36-38(48)39(49)41(2,55-36)37-22-21-35-40(44)45-30-46-47(35)37/h21-25,30,34,36,38-39,48-49H,3-20,27-29H2,1-2H3,(H,50,51)(H2,44,45,46)/t34-,36-,38-,39-,41+/m1/s1. The third kappa shape index (κ3) is 14.1. The molecule has 4 rings (SSSR count). The summed E-state index contributed by atoms with van der Waals surface area (Å²) < 4.78 is 51.2. The number of aliphatic hydroxyl groups is 2. The highest BCUT2D eigenvalue weighted by Gasteiger charge is 2.54. The van der Waals surface area contributed by atoms with Gasteiger partial charge >= 0.3 is 7.82 Å². The van der Waals surface area contributed by atoms with Crippen LogP contribution in [0, 0.1) is 17.1 Å². The smallest absolute Gasteiger partial charge is 0.387 e. The highest BCUT2D eigenvalue weighted by molar-refractivity contribution is 7.47. The van der Waals surface area contributed by atoms with Gasteiger partial charge in [0.25, 0.3) is 0 Å². The fraction of sp³-hybridized carbons (Fsp3) is 0.683. The van der Waals surface area contributed by atoms with E-state index in [-0.39, 0.29) is 24.6 Å². The third-order valence-electron chi connectivity index (χ3n) is 10.7. The Morgan fingerprint density at radius 2 is 1.57 bits per heavy atom. The largest absolute Gasteiger partial charge is 0.472 e. The quantitative estimate of drug-likeness (QED) is 0.0405. The molecule has 1 aliphatic heterocycles. The molecular weight excluding hydrogens is 740 g/mol. The van der Waals surface area contributed by atoms with Gasteiger partial charge in [-0.05, 0) is 49.2 Å². The van der Waals surface area contributed by atoms with Crippen molar-refractivity contribution in [1.29, 1.82) is 5.26 Å². The second-order valence-corrected chi connectivity index (χ2v) is 16.7. The Morgan fingerprint density at radius 3 is 2.18 bits per heavy atom. The zero-order chi connectivity index (χ0) is 40.4. The Bertz CT molecular complexity index is 1710. The second-order valence-electron chi connectivity index (χ2n) is 15.3. The number of benzene rings is 1. The van der Waals surface area contributed by atoms with Crippen molar-refractivity contribution in [1.82, 2.24) is 14.6 Å². The molecule has 56 heavy (non-hydrogen) atoms. The van der Waals surface area contributed by atoms with Crippen molar-refractivity contribution in [3.05, 3.63) is 59.3 Å². The number of ether oxygens (including phenoxy) is 2. The van der Waals surface area contributed by atoms with Gasteiger partial charge in [-0.15, -0.1) is 0 Å². The number of phosphoric ester groups is 1. The minimum absolute atomic E-state index is 0.0282. The lowest BCUT2D eigenvalue weighted by Gasteiger charge is -2.27. The number of aliphatic hydroxyl groups excluding tert-OH is 2. The predicted octanol–water partition coefficient (Wildman–Crippen LogP) is 8.42. The van der Waals surface area contributed by atoms with Crippen molar-refractivity contribution < 1.29 is 42.6 Å². The minimum Gasteiger partial charge on any atom is -0.387 e. The molecule has 0 spiro atoms. The van der Waals surface area contributed by atoms with Gasteiger partial charge in [-0.25, -0.2) is 18.5 Å². The molecule has 1 unspecified atom stereocenters. The molecule has 13 nitrogen and oxygen atoms in total. The van der Waals surface area contributed by atoms with Crippen LogP contribution in [0.5, 0.6) is 0 Å². The van der Waals surface area contributed by atoms with Crippen molar-refractivity contribution in [2.75, 3.05) is 18.9 Å². The number of fused-ring (bicyclic) bond motifs is 1. The van der Waals surface area contributed by atoms with Gasteiger partial charge < -0.3 is 30.3 Å². The lowest BCUT2D eigenvalue weighted by atomic mass is 9.93. The number of rotatable bonds is 28. The summed E-state index contributed by atoms with van der Waals surface area (Å²) in [7, 11) is -4.68. The van der Waals surface area contributed by atoms with E-state index in [9.17, 15) is 29.3 Å². The highest BCUT2D eigenvalue weighted by Crippen LogP contribution is 2.46. The lowest BCUT2D eigenvalue weighted by Crippen LogP contribution is -2.39. The molecular formula is C41H63FN5O8P. The molecule has 2 aromatic heterocycles. The monoisotopic (exact) mass is 803 g/mol. The van der Waals surface area contributed by atoms with Crippen LogP contribution in [0.1, 0.15) is 146 Å². The predicted molar refractivity (Wildman–Crippen MR) is 212 cm³/mol. The number of hydrogen-bond donors (Lipinski definition) is 4. The van der Waals surface area contributed by atoms with Gasteiger partial charge in [0, 0.05) is 0 Å². The van der Waals surface area contributed by atoms with E-state index >= 15 is 0 Å². The Kier molecular flexibility index (Phi) is 19.1. The van der Waals surface area contributed by atoms with Crippen LogP contribution in [0.15, 0.2) is 36.7 Å². The average Bonchev–Trinajstić information content (AvgIpc) is 3.72. The molecule has 312 valence electrons. The van der Waals surface area contributed by atoms with E-state index in [0.29, 0.717) is 23.2 Å². The summed E-state index contributed by atoms with van der Waals surface area (Å²) in [4.78, 5) is 14.6. The van der Waals surface area contributed by atoms with Crippen LogP contribution in [0.3, 0.4) is 0 Å². The Hall–Kier alpha value is -2.99. The number of nitrogens with zero attached hydrogens (tertiary/aromatic N) is 4. The molecule has 1 saturated heterocycles. The van der Waals surface area contributed by atoms with E-state index in [2.05, 4.69) is 17.0 Å². The van der Waals surface area contributed by atoms with E-state index in [1.165, 1.54) is 106 Å². The van der Waals surface area contributed by atoms with E-state index < -0.39 is 50.3 Å². The first-order valence-electron chi connectivity index (χ1n) is 20.5. The van der Waals surface area contributed by atoms with Crippen LogP contribution >= 0.6 is 7.82 Å². The summed E-state index contributed by atoms with van der Waals surface area (Å²) in [5.41, 5.74) is 5.98. The fourth-order valence-corrected chi connectivity index (χ4v) is 8.13. The number of hydrogen-bond acceptors (Lipinski definition) is 11. The third-order valence-corrected chi connectivity index (χ3v) is 11.6. The first-order chi connectivity index (χ1) is 27.0. The van der Waals surface area contributed by atoms with Gasteiger partial charge in [0.05, 0.1) is 43.3 Å². The van der Waals surface area contributed by atoms with E-state index in [4.69, 9.17) is 24.3 Å². The first-order valence-corrected chi connectivity index (χ1v) is 22.0. The highest BCUT2D eigenvalue weighted by atomic mass is 31.2. The average molecular weight is 804 g/mol. The number of phosphoric acid groups is 1. The number of halogens is 1. The Morgan fingerprint density at radius 1 is 0.964 bits per heavy atom. The second kappa shape index (κ2) is 23.4. The molecule has 5 N–H and O–H groups in total. The van der Waals surface area contributed by atoms with Crippen molar-refractivity contribution in [2.45, 2.75) is 166 Å². The summed E-state index contributed by atoms with van der Waals surface area (Å²) >= 11 is 0. The van der Waals surface area contributed by atoms with Gasteiger partial charge in [-0.3, -0.25) is 9.05 Å². The molecule has 0 amide bonds. The summed E-state index contributed by atoms with van der Waals surface area (Å²) in [5, 5.41) is 35.3. The maximum absolute atomic E-state index is 14.1. The Balaban J connectivity index is 1.20. The number of anilines is 1. The molecule has 0 saturated carbocycles. The summed E-state index contributed by atoms with van der Waals surface area (Å²) in [5.74, 6) is -0.340. The Labute approximate surface area is 331 Å². The van der Waals surface area contributed by atoms with Gasteiger partial charge in [0.1, 0.15) is 41.6 Å². The summed E-state index contributed by atoms with van der Waals surface area (Å²) in [6.07, 6.45) is 18.3. The molecule has 6 atom stereocenters. The van der Waals surface area contributed by atoms with Crippen LogP contribution in [0.2, 0.25) is 0 Å². The topological polar surface area (TPSA) is 195 Å². The molecule has 3 aromatic rings. The summed E-state index contributed by atoms with van der Waals surface area (Å²) in [6.45, 7) is 2.94. The number of unbranched alkanes of at least 4 members (excludes halogenated alkanes) is 16. The van der Waals surface area contributed by atoms with E-state index in [1.54, 1.807) is 19.1 Å². The first kappa shape index (κ1) is 45.7. The van der Waals surface area contributed by atoms with E-state index in [1.807, 2.05) is 6.07 Å². The van der Waals surface area contributed by atoms with Gasteiger partial charge in [-0.1, -0.05) is 116 Å². The fourth-order valence-electron chi connectivity index (χ4n) is 7.36. The van der Waals surface area contributed by atoms with Crippen LogP contribution in [-0.2, 0) is 35.3 Å². The van der Waals surface area contributed by atoms with Gasteiger partial charge in [0.2, 0.25) is 0 Å². The van der Waals surface area contributed by atoms with Gasteiger partial charge in [0.15, 0.2) is 5.82 Å². The van der Waals surface area contributed by atoms with Crippen LogP contribution in [0.25, 0.3) is 5.52 Å². The lowest BCUT2D eigenvalue weighted by molar-refractivity contribution is -0.0894. The van der Waals surface area contributed by atoms with Crippen molar-refractivity contribution in [3.63, 3.8) is 0 Å². The van der Waals surface area contributed by atoms with Crippen molar-refractivity contribution in [3.8, 4) is 6.07 Å². The zero-order valence-corrected chi connectivity index (χ0v) is 34.1. The summed E-state index contributed by atoms with van der Waals surface area (Å²) in [6, 6.07) is 9.18. The molecule has 0 radical (unpaired) electrons. The maximum Gasteiger partial charge on any atom is 0.472 e. The van der Waals surface area contributed by atoms with E-state index in [0.717, 1.165) is 31.7 Å². The SMILES string of the molecule is CCCCCCCCCCCCCCCCCCC[C@H](COP(=O)(O)OC[C@H]1O[C@@](C)(c2ccc3c(N)ncnn23)[C@H](O)[C@@H]1O)OCc1cc(F)cc(C#N)c1. The normalized spacial score (nSPS) is 21.3. The van der Waals surface area contributed by atoms with Crippen molar-refractivity contribution >= 4 is 19.2 Å². The molecule has 15 heteroatoms. The molecule has 1 aromatic carbocycles. The molecule has 3 heterocycles. The minimum atomic E-state index is -4.68. The number of nitriles is 1.